The maximum absolute atomic E-state index is 12.2. The summed E-state index contributed by atoms with van der Waals surface area (Å²) in [5, 5.41) is 16.5. The summed E-state index contributed by atoms with van der Waals surface area (Å²) in [5.74, 6) is -0.265. The topological polar surface area (TPSA) is 114 Å². The van der Waals surface area contributed by atoms with Crippen LogP contribution < -0.4 is 15.4 Å². The zero-order chi connectivity index (χ0) is 21.6. The molecule has 0 aliphatic heterocycles. The molecular weight excluding hydrogens is 468 g/mol. The monoisotopic (exact) mass is 484 g/mol. The fraction of sp³-hybridized carbons (Fsp3) is 0.222. The van der Waals surface area contributed by atoms with Crippen LogP contribution in [0.5, 0.6) is 5.75 Å². The fourth-order valence-electron chi connectivity index (χ4n) is 2.42. The molecule has 0 aliphatic rings. The molecule has 2 aromatic carbocycles. The number of halogens is 2. The lowest BCUT2D eigenvalue weighted by Crippen LogP contribution is -2.36. The van der Waals surface area contributed by atoms with E-state index in [-0.39, 0.29) is 30.6 Å². The predicted molar refractivity (Wildman–Crippen MR) is 114 cm³/mol. The molecule has 0 atom stereocenters. The van der Waals surface area contributed by atoms with E-state index in [1.165, 1.54) is 30.2 Å². The predicted octanol–water partition coefficient (Wildman–Crippen LogP) is 3.53. The SMILES string of the molecule is COc1ccc(Cl)cc1NC(=O)CN(C)CC(=O)Nc1ccc([N+](=O)[O-])cc1Br. The minimum atomic E-state index is -0.530. The highest BCUT2D eigenvalue weighted by molar-refractivity contribution is 9.10. The maximum Gasteiger partial charge on any atom is 0.270 e. The van der Waals surface area contributed by atoms with E-state index < -0.39 is 4.92 Å². The number of anilines is 2. The summed E-state index contributed by atoms with van der Waals surface area (Å²) in [6, 6.07) is 8.86. The first-order valence-electron chi connectivity index (χ1n) is 8.25. The molecule has 0 unspecified atom stereocenters. The first-order valence-corrected chi connectivity index (χ1v) is 9.42. The number of amides is 2. The Bertz CT molecular complexity index is 940. The largest absolute Gasteiger partial charge is 0.495 e. The number of rotatable bonds is 8. The minimum Gasteiger partial charge on any atom is -0.495 e. The first kappa shape index (κ1) is 22.6. The van der Waals surface area contributed by atoms with Crippen LogP contribution in [-0.2, 0) is 9.59 Å². The number of hydrogen-bond acceptors (Lipinski definition) is 6. The van der Waals surface area contributed by atoms with Gasteiger partial charge in [-0.05, 0) is 47.2 Å². The molecule has 0 aliphatic carbocycles. The number of nitrogens with zero attached hydrogens (tertiary/aromatic N) is 2. The number of methoxy groups -OCH3 is 1. The normalized spacial score (nSPS) is 10.5. The zero-order valence-electron chi connectivity index (χ0n) is 15.6. The van der Waals surface area contributed by atoms with E-state index >= 15 is 0 Å². The van der Waals surface area contributed by atoms with Crippen molar-refractivity contribution in [2.24, 2.45) is 0 Å². The second kappa shape index (κ2) is 10.2. The average molecular weight is 486 g/mol. The highest BCUT2D eigenvalue weighted by atomic mass is 79.9. The molecule has 2 N–H and O–H groups in total. The molecule has 9 nitrogen and oxygen atoms in total. The summed E-state index contributed by atoms with van der Waals surface area (Å²) >= 11 is 9.12. The van der Waals surface area contributed by atoms with Gasteiger partial charge in [0, 0.05) is 21.6 Å². The van der Waals surface area contributed by atoms with Gasteiger partial charge in [-0.15, -0.1) is 0 Å². The molecule has 0 heterocycles. The van der Waals surface area contributed by atoms with Gasteiger partial charge in [-0.1, -0.05) is 11.6 Å². The van der Waals surface area contributed by atoms with Gasteiger partial charge in [0.1, 0.15) is 5.75 Å². The van der Waals surface area contributed by atoms with Gasteiger partial charge in [0.25, 0.3) is 5.69 Å². The van der Waals surface area contributed by atoms with Crippen molar-refractivity contribution >= 4 is 56.4 Å². The number of nitrogens with one attached hydrogen (secondary N) is 2. The average Bonchev–Trinajstić information content (AvgIpc) is 2.63. The van der Waals surface area contributed by atoms with E-state index in [1.54, 1.807) is 25.2 Å². The van der Waals surface area contributed by atoms with E-state index in [1.807, 2.05) is 0 Å². The van der Waals surface area contributed by atoms with Crippen LogP contribution in [0.3, 0.4) is 0 Å². The smallest absolute Gasteiger partial charge is 0.270 e. The molecule has 154 valence electrons. The third kappa shape index (κ3) is 6.70. The molecule has 0 fully saturated rings. The van der Waals surface area contributed by atoms with Gasteiger partial charge >= 0.3 is 0 Å². The molecule has 0 radical (unpaired) electrons. The summed E-state index contributed by atoms with van der Waals surface area (Å²) in [4.78, 5) is 36.2. The van der Waals surface area contributed by atoms with Crippen molar-refractivity contribution in [2.75, 3.05) is 37.9 Å². The Morgan fingerprint density at radius 1 is 1.14 bits per heavy atom. The second-order valence-electron chi connectivity index (χ2n) is 6.03. The van der Waals surface area contributed by atoms with E-state index in [9.17, 15) is 19.7 Å². The van der Waals surface area contributed by atoms with Crippen molar-refractivity contribution in [3.05, 3.63) is 56.0 Å². The number of non-ortho nitro benzene ring substituents is 1. The Morgan fingerprint density at radius 3 is 2.31 bits per heavy atom. The number of carbonyl (C=O) groups is 2. The number of ether oxygens (including phenoxy) is 1. The standard InChI is InChI=1S/C18H18BrClN4O5/c1-23(10-18(26)22-15-7-11(20)3-6-16(15)29-2)9-17(25)21-14-5-4-12(24(27)28)8-13(14)19/h3-8H,9-10H2,1-2H3,(H,21,25)(H,22,26). The van der Waals surface area contributed by atoms with Gasteiger partial charge in [-0.25, -0.2) is 0 Å². The van der Waals surface area contributed by atoms with Gasteiger partial charge in [0.15, 0.2) is 0 Å². The number of nitro groups is 1. The molecule has 0 saturated carbocycles. The number of carbonyl (C=O) groups excluding carboxylic acids is 2. The lowest BCUT2D eigenvalue weighted by molar-refractivity contribution is -0.384. The molecule has 0 spiro atoms. The third-order valence-corrected chi connectivity index (χ3v) is 4.59. The van der Waals surface area contributed by atoms with Gasteiger partial charge in [-0.2, -0.15) is 0 Å². The quantitative estimate of drug-likeness (QED) is 0.437. The number of nitro benzene ring substituents is 1. The lowest BCUT2D eigenvalue weighted by atomic mass is 10.3. The third-order valence-electron chi connectivity index (χ3n) is 3.70. The Balaban J connectivity index is 1.91. The molecule has 0 aromatic heterocycles. The fourth-order valence-corrected chi connectivity index (χ4v) is 3.06. The van der Waals surface area contributed by atoms with Crippen molar-refractivity contribution in [1.82, 2.24) is 4.90 Å². The highest BCUT2D eigenvalue weighted by Gasteiger charge is 2.15. The van der Waals surface area contributed by atoms with Gasteiger partial charge in [0.2, 0.25) is 11.8 Å². The summed E-state index contributed by atoms with van der Waals surface area (Å²) in [6.45, 7) is -0.117. The molecule has 29 heavy (non-hydrogen) atoms. The Hall–Kier alpha value is -2.69. The number of benzene rings is 2. The van der Waals surface area contributed by atoms with Crippen molar-refractivity contribution < 1.29 is 19.2 Å². The number of likely N-dealkylation sites (N-methyl/N-ethyl adjacent to an activating group) is 1. The Labute approximate surface area is 180 Å². The Morgan fingerprint density at radius 2 is 1.76 bits per heavy atom. The van der Waals surface area contributed by atoms with Crippen LogP contribution in [0.4, 0.5) is 17.1 Å². The molecule has 2 aromatic rings. The van der Waals surface area contributed by atoms with E-state index in [2.05, 4.69) is 26.6 Å². The lowest BCUT2D eigenvalue weighted by Gasteiger charge is -2.17. The van der Waals surface area contributed by atoms with Crippen molar-refractivity contribution in [3.8, 4) is 5.75 Å². The molecule has 0 saturated heterocycles. The summed E-state index contributed by atoms with van der Waals surface area (Å²) < 4.78 is 5.56. The zero-order valence-corrected chi connectivity index (χ0v) is 17.9. The summed E-state index contributed by atoms with van der Waals surface area (Å²) in [6.07, 6.45) is 0. The summed E-state index contributed by atoms with van der Waals surface area (Å²) in [7, 11) is 3.09. The molecule has 0 bridgehead atoms. The van der Waals surface area contributed by atoms with E-state index in [0.29, 0.717) is 26.6 Å². The molecular formula is C18H18BrClN4O5. The van der Waals surface area contributed by atoms with Gasteiger partial charge in [-0.3, -0.25) is 24.6 Å². The number of hydrogen-bond donors (Lipinski definition) is 2. The second-order valence-corrected chi connectivity index (χ2v) is 7.33. The van der Waals surface area contributed by atoms with Gasteiger partial charge < -0.3 is 15.4 Å². The first-order chi connectivity index (χ1) is 13.7. The molecule has 11 heteroatoms. The maximum atomic E-state index is 12.2. The van der Waals surface area contributed by atoms with Crippen LogP contribution in [0.15, 0.2) is 40.9 Å². The van der Waals surface area contributed by atoms with Crippen LogP contribution in [0, 0.1) is 10.1 Å². The van der Waals surface area contributed by atoms with Crippen molar-refractivity contribution in [1.29, 1.82) is 0 Å². The van der Waals surface area contributed by atoms with Crippen molar-refractivity contribution in [3.63, 3.8) is 0 Å². The van der Waals surface area contributed by atoms with Crippen LogP contribution in [-0.4, -0.2) is 48.9 Å². The summed E-state index contributed by atoms with van der Waals surface area (Å²) in [5.41, 5.74) is 0.722. The Kier molecular flexibility index (Phi) is 7.94. The van der Waals surface area contributed by atoms with Crippen LogP contribution in [0.2, 0.25) is 5.02 Å². The van der Waals surface area contributed by atoms with Crippen LogP contribution >= 0.6 is 27.5 Å². The van der Waals surface area contributed by atoms with Crippen LogP contribution in [0.1, 0.15) is 0 Å². The van der Waals surface area contributed by atoms with Crippen LogP contribution in [0.25, 0.3) is 0 Å². The van der Waals surface area contributed by atoms with Gasteiger partial charge in [0.05, 0.1) is 36.5 Å². The highest BCUT2D eigenvalue weighted by Crippen LogP contribution is 2.28. The molecule has 2 amide bonds. The molecule has 2 rings (SSSR count). The van der Waals surface area contributed by atoms with Crippen molar-refractivity contribution in [2.45, 2.75) is 0 Å². The van der Waals surface area contributed by atoms with E-state index in [4.69, 9.17) is 16.3 Å². The van der Waals surface area contributed by atoms with E-state index in [0.717, 1.165) is 0 Å². The minimum absolute atomic E-state index is 0.0511.